The van der Waals surface area contributed by atoms with E-state index in [0.717, 1.165) is 32.1 Å². The Bertz CT molecular complexity index is 902. The molecule has 10 heteroatoms. The van der Waals surface area contributed by atoms with Crippen LogP contribution in [0.1, 0.15) is 226 Å². The Kier molecular flexibility index (Phi) is 40.4. The van der Waals surface area contributed by atoms with Crippen LogP contribution in [0.5, 0.6) is 0 Å². The Morgan fingerprint density at radius 1 is 0.537 bits per heavy atom. The van der Waals surface area contributed by atoms with Gasteiger partial charge in [-0.15, -0.1) is 0 Å². The number of phosphoric acid groups is 1. The Labute approximate surface area is 332 Å². The summed E-state index contributed by atoms with van der Waals surface area (Å²) in [5.74, 6) is -0.819. The van der Waals surface area contributed by atoms with Crippen LogP contribution >= 0.6 is 7.82 Å². The van der Waals surface area contributed by atoms with Crippen molar-refractivity contribution in [3.63, 3.8) is 0 Å². The second-order valence-corrected chi connectivity index (χ2v) is 16.7. The van der Waals surface area contributed by atoms with E-state index in [9.17, 15) is 19.0 Å². The largest absolute Gasteiger partial charge is 0.472 e. The summed E-state index contributed by atoms with van der Waals surface area (Å²) in [7, 11) is -4.37. The molecule has 0 bridgehead atoms. The molecule has 0 saturated heterocycles. The molecule has 2 atom stereocenters. The summed E-state index contributed by atoms with van der Waals surface area (Å²) in [6, 6.07) is 0. The lowest BCUT2D eigenvalue weighted by Gasteiger charge is -2.19. The SMILES string of the molecule is CCCCCCCC/C=C/CCCCCCCCCCCCCC(=O)O[C@H](COC(=O)CCCCCCCCCCCCCC)COP(=O)(O)OCCN. The van der Waals surface area contributed by atoms with Crippen molar-refractivity contribution in [2.75, 3.05) is 26.4 Å². The van der Waals surface area contributed by atoms with Crippen molar-refractivity contribution in [2.24, 2.45) is 5.73 Å². The number of hydrogen-bond donors (Lipinski definition) is 2. The summed E-state index contributed by atoms with van der Waals surface area (Å²) in [5.41, 5.74) is 5.35. The van der Waals surface area contributed by atoms with Gasteiger partial charge in [0.2, 0.25) is 0 Å². The lowest BCUT2D eigenvalue weighted by molar-refractivity contribution is -0.161. The number of carbonyl (C=O) groups is 2. The molecule has 0 heterocycles. The number of carbonyl (C=O) groups excluding carboxylic acids is 2. The summed E-state index contributed by atoms with van der Waals surface area (Å²) in [5, 5.41) is 0. The number of rotatable bonds is 43. The molecule has 3 N–H and O–H groups in total. The maximum atomic E-state index is 12.6. The van der Waals surface area contributed by atoms with Gasteiger partial charge in [0.15, 0.2) is 6.10 Å². The lowest BCUT2D eigenvalue weighted by atomic mass is 10.0. The highest BCUT2D eigenvalue weighted by Crippen LogP contribution is 2.43. The molecule has 0 fully saturated rings. The zero-order valence-electron chi connectivity index (χ0n) is 35.2. The van der Waals surface area contributed by atoms with Gasteiger partial charge in [-0.05, 0) is 38.5 Å². The van der Waals surface area contributed by atoms with Crippen LogP contribution in [0.25, 0.3) is 0 Å². The van der Waals surface area contributed by atoms with Crippen LogP contribution in [-0.2, 0) is 32.7 Å². The molecule has 9 nitrogen and oxygen atoms in total. The molecule has 320 valence electrons. The number of unbranched alkanes of at least 4 members (excludes halogenated alkanes) is 28. The maximum absolute atomic E-state index is 12.6. The first kappa shape index (κ1) is 52.8. The summed E-state index contributed by atoms with van der Waals surface area (Å²) in [6.45, 7) is 3.75. The van der Waals surface area contributed by atoms with Crippen molar-refractivity contribution in [1.29, 1.82) is 0 Å². The monoisotopic (exact) mass is 788 g/mol. The third-order valence-electron chi connectivity index (χ3n) is 9.90. The van der Waals surface area contributed by atoms with Crippen molar-refractivity contribution >= 4 is 19.8 Å². The molecular formula is C44H86NO8P. The average molecular weight is 788 g/mol. The molecule has 0 aliphatic carbocycles. The number of allylic oxidation sites excluding steroid dienone is 2. The minimum atomic E-state index is -4.37. The zero-order valence-corrected chi connectivity index (χ0v) is 36.1. The summed E-state index contributed by atoms with van der Waals surface area (Å²) >= 11 is 0. The first-order valence-corrected chi connectivity index (χ1v) is 24.2. The topological polar surface area (TPSA) is 134 Å². The predicted octanol–water partition coefficient (Wildman–Crippen LogP) is 13.0. The molecule has 0 rings (SSSR count). The first-order chi connectivity index (χ1) is 26.3. The van der Waals surface area contributed by atoms with Gasteiger partial charge in [0.1, 0.15) is 6.61 Å². The molecule has 0 radical (unpaired) electrons. The predicted molar refractivity (Wildman–Crippen MR) is 224 cm³/mol. The van der Waals surface area contributed by atoms with Crippen molar-refractivity contribution in [2.45, 2.75) is 232 Å². The molecule has 0 aliphatic rings. The molecule has 1 unspecified atom stereocenters. The van der Waals surface area contributed by atoms with Crippen LogP contribution in [-0.4, -0.2) is 49.3 Å². The highest BCUT2D eigenvalue weighted by molar-refractivity contribution is 7.47. The van der Waals surface area contributed by atoms with E-state index >= 15 is 0 Å². The van der Waals surface area contributed by atoms with Crippen LogP contribution in [0.2, 0.25) is 0 Å². The van der Waals surface area contributed by atoms with E-state index in [1.54, 1.807) is 0 Å². The van der Waals surface area contributed by atoms with Gasteiger partial charge in [0, 0.05) is 19.4 Å². The standard InChI is InChI=1S/C44H86NO8P/c1-3-5-7-9-11-13-15-17-18-19-20-21-22-23-24-25-27-29-31-33-35-37-44(47)53-42(41-52-54(48,49)51-39-38-45)40-50-43(46)36-34-32-30-28-26-16-14-12-10-8-6-4-2/h17-18,42H,3-16,19-41,45H2,1-2H3,(H,48,49)/b18-17+/t42-/m1/s1. The number of ether oxygens (including phenoxy) is 2. The molecule has 0 aliphatic heterocycles. The molecular weight excluding hydrogens is 701 g/mol. The van der Waals surface area contributed by atoms with E-state index < -0.39 is 26.5 Å². The smallest absolute Gasteiger partial charge is 0.462 e. The molecule has 0 spiro atoms. The second-order valence-electron chi connectivity index (χ2n) is 15.3. The number of phosphoric ester groups is 1. The lowest BCUT2D eigenvalue weighted by Crippen LogP contribution is -2.29. The summed E-state index contributed by atoms with van der Waals surface area (Å²) in [6.07, 6.45) is 42.4. The van der Waals surface area contributed by atoms with E-state index in [0.29, 0.717) is 6.42 Å². The van der Waals surface area contributed by atoms with Crippen molar-refractivity contribution in [3.05, 3.63) is 12.2 Å². The summed E-state index contributed by atoms with van der Waals surface area (Å²) in [4.78, 5) is 34.9. The molecule has 54 heavy (non-hydrogen) atoms. The Balaban J connectivity index is 4.05. The van der Waals surface area contributed by atoms with Crippen molar-refractivity contribution in [3.8, 4) is 0 Å². The van der Waals surface area contributed by atoms with E-state index in [4.69, 9.17) is 24.3 Å². The molecule has 0 amide bonds. The minimum absolute atomic E-state index is 0.0563. The minimum Gasteiger partial charge on any atom is -0.462 e. The van der Waals surface area contributed by atoms with E-state index in [1.807, 2.05) is 0 Å². The Hall–Kier alpha value is -1.25. The van der Waals surface area contributed by atoms with Crippen LogP contribution < -0.4 is 5.73 Å². The van der Waals surface area contributed by atoms with E-state index in [-0.39, 0.29) is 38.6 Å². The van der Waals surface area contributed by atoms with Gasteiger partial charge in [-0.25, -0.2) is 4.57 Å². The Morgan fingerprint density at radius 3 is 1.31 bits per heavy atom. The van der Waals surface area contributed by atoms with Crippen LogP contribution in [0.3, 0.4) is 0 Å². The number of esters is 2. The van der Waals surface area contributed by atoms with Gasteiger partial charge < -0.3 is 20.1 Å². The quantitative estimate of drug-likeness (QED) is 0.0268. The molecule has 0 aromatic heterocycles. The number of nitrogens with two attached hydrogens (primary N) is 1. The molecule has 0 aromatic carbocycles. The zero-order chi connectivity index (χ0) is 39.6. The normalized spacial score (nSPS) is 13.3. The molecule has 0 saturated carbocycles. The molecule has 0 aromatic rings. The van der Waals surface area contributed by atoms with Crippen LogP contribution in [0.4, 0.5) is 0 Å². The average Bonchev–Trinajstić information content (AvgIpc) is 3.16. The maximum Gasteiger partial charge on any atom is 0.472 e. The third kappa shape index (κ3) is 40.4. The fourth-order valence-corrected chi connectivity index (χ4v) is 7.28. The Morgan fingerprint density at radius 2 is 0.907 bits per heavy atom. The van der Waals surface area contributed by atoms with Gasteiger partial charge in [0.05, 0.1) is 13.2 Å². The van der Waals surface area contributed by atoms with Gasteiger partial charge in [-0.3, -0.25) is 18.6 Å². The van der Waals surface area contributed by atoms with Crippen LogP contribution in [0.15, 0.2) is 12.2 Å². The highest BCUT2D eigenvalue weighted by Gasteiger charge is 2.26. The third-order valence-corrected chi connectivity index (χ3v) is 10.9. The van der Waals surface area contributed by atoms with Crippen molar-refractivity contribution in [1.82, 2.24) is 0 Å². The van der Waals surface area contributed by atoms with Crippen molar-refractivity contribution < 1.29 is 37.6 Å². The van der Waals surface area contributed by atoms with Gasteiger partial charge >= 0.3 is 19.8 Å². The van der Waals surface area contributed by atoms with Gasteiger partial charge in [0.25, 0.3) is 0 Å². The van der Waals surface area contributed by atoms with Gasteiger partial charge in [-0.1, -0.05) is 187 Å². The van der Waals surface area contributed by atoms with E-state index in [2.05, 4.69) is 26.0 Å². The summed E-state index contributed by atoms with van der Waals surface area (Å²) < 4.78 is 32.8. The fourth-order valence-electron chi connectivity index (χ4n) is 6.51. The van der Waals surface area contributed by atoms with Gasteiger partial charge in [-0.2, -0.15) is 0 Å². The van der Waals surface area contributed by atoms with Crippen LogP contribution in [0, 0.1) is 0 Å². The second kappa shape index (κ2) is 41.4. The number of hydrogen-bond acceptors (Lipinski definition) is 8. The fraction of sp³-hybridized carbons (Fsp3) is 0.909. The first-order valence-electron chi connectivity index (χ1n) is 22.7. The van der Waals surface area contributed by atoms with E-state index in [1.165, 1.54) is 161 Å². The highest BCUT2D eigenvalue weighted by atomic mass is 31.2.